The van der Waals surface area contributed by atoms with Crippen LogP contribution in [0.4, 0.5) is 0 Å². The van der Waals surface area contributed by atoms with Gasteiger partial charge in [0.1, 0.15) is 17.6 Å². The van der Waals surface area contributed by atoms with Crippen LogP contribution in [0.15, 0.2) is 18.5 Å². The van der Waals surface area contributed by atoms with E-state index < -0.39 is 5.60 Å². The van der Waals surface area contributed by atoms with Gasteiger partial charge in [-0.3, -0.25) is 9.78 Å². The second kappa shape index (κ2) is 9.31. The zero-order chi connectivity index (χ0) is 24.2. The monoisotopic (exact) mass is 592 g/mol. The van der Waals surface area contributed by atoms with E-state index in [1.54, 1.807) is 17.2 Å². The van der Waals surface area contributed by atoms with E-state index in [0.717, 1.165) is 60.9 Å². The molecule has 35 heavy (non-hydrogen) atoms. The number of carbonyl (C=O) groups is 1. The molecule has 190 valence electrons. The SMILES string of the molecule is CCOC[C@@]1(O)CC[C@H]2[C@@H](CC[C@@H]3[C@@H]2CC[C@]2(I)[C@@H](C(=O)Cn4nc5ccncc5n4)CC[C@@H]32)C1. The summed E-state index contributed by atoms with van der Waals surface area (Å²) in [5.41, 5.74) is 0.906. The molecule has 2 heterocycles. The Morgan fingerprint density at radius 2 is 1.94 bits per heavy atom. The molecule has 0 spiro atoms. The summed E-state index contributed by atoms with van der Waals surface area (Å²) in [5.74, 6) is 3.88. The maximum Gasteiger partial charge on any atom is 0.160 e. The third kappa shape index (κ3) is 4.25. The average Bonchev–Trinajstić information content (AvgIpc) is 3.42. The second-order valence-electron chi connectivity index (χ2n) is 11.7. The topological polar surface area (TPSA) is 90.1 Å². The van der Waals surface area contributed by atoms with E-state index in [-0.39, 0.29) is 15.9 Å². The van der Waals surface area contributed by atoms with Gasteiger partial charge < -0.3 is 9.84 Å². The van der Waals surface area contributed by atoms with E-state index in [1.807, 2.05) is 13.0 Å². The first kappa shape index (κ1) is 24.2. The molecule has 4 aliphatic rings. The van der Waals surface area contributed by atoms with Crippen LogP contribution in [0.2, 0.25) is 0 Å². The number of aliphatic hydroxyl groups is 1. The minimum absolute atomic E-state index is 0.0708. The number of pyridine rings is 1. The smallest absolute Gasteiger partial charge is 0.160 e. The molecule has 0 aliphatic heterocycles. The Balaban J connectivity index is 1.14. The van der Waals surface area contributed by atoms with Crippen molar-refractivity contribution in [3.8, 4) is 0 Å². The highest BCUT2D eigenvalue weighted by molar-refractivity contribution is 14.1. The van der Waals surface area contributed by atoms with Gasteiger partial charge in [-0.2, -0.15) is 15.0 Å². The lowest BCUT2D eigenvalue weighted by Crippen LogP contribution is -2.53. The number of ketones is 1. The molecule has 0 amide bonds. The number of aromatic nitrogens is 4. The quantitative estimate of drug-likeness (QED) is 0.390. The third-order valence-electron chi connectivity index (χ3n) is 9.99. The predicted octanol–water partition coefficient (Wildman–Crippen LogP) is 4.60. The minimum atomic E-state index is -0.627. The van der Waals surface area contributed by atoms with Gasteiger partial charge in [0, 0.05) is 22.1 Å². The normalized spacial score (nSPS) is 40.8. The van der Waals surface area contributed by atoms with Crippen molar-refractivity contribution in [2.75, 3.05) is 13.2 Å². The number of alkyl halides is 1. The third-order valence-corrected chi connectivity index (χ3v) is 12.1. The van der Waals surface area contributed by atoms with Crippen molar-refractivity contribution in [1.82, 2.24) is 20.0 Å². The number of Topliss-reactive ketones (excluding diaryl/α,β-unsaturated/α-hetero) is 1. The zero-order valence-corrected chi connectivity index (χ0v) is 22.8. The Morgan fingerprint density at radius 3 is 2.77 bits per heavy atom. The lowest BCUT2D eigenvalue weighted by molar-refractivity contribution is -0.127. The van der Waals surface area contributed by atoms with Crippen LogP contribution >= 0.6 is 22.6 Å². The van der Waals surface area contributed by atoms with E-state index in [2.05, 4.69) is 37.8 Å². The Hall–Kier alpha value is -1.13. The second-order valence-corrected chi connectivity index (χ2v) is 13.7. The van der Waals surface area contributed by atoms with Crippen LogP contribution in [0.1, 0.15) is 64.7 Å². The fraction of sp³-hybridized carbons (Fsp3) is 0.778. The number of hydrogen-bond donors (Lipinski definition) is 1. The molecule has 8 heteroatoms. The number of nitrogens with zero attached hydrogens (tertiary/aromatic N) is 4. The first-order valence-electron chi connectivity index (χ1n) is 13.6. The highest BCUT2D eigenvalue weighted by Gasteiger charge is 2.60. The molecule has 8 atom stereocenters. The summed E-state index contributed by atoms with van der Waals surface area (Å²) in [6.07, 6.45) is 13.3. The molecule has 0 aromatic carbocycles. The molecule has 1 N–H and O–H groups in total. The lowest BCUT2D eigenvalue weighted by Gasteiger charge is -2.56. The molecular formula is C27H37IN4O3. The first-order chi connectivity index (χ1) is 16.9. The molecule has 4 saturated carbocycles. The molecule has 6 rings (SSSR count). The average molecular weight is 593 g/mol. The predicted molar refractivity (Wildman–Crippen MR) is 141 cm³/mol. The van der Waals surface area contributed by atoms with Crippen LogP contribution in [-0.4, -0.2) is 53.1 Å². The molecule has 0 saturated heterocycles. The molecule has 0 unspecified atom stereocenters. The number of fused-ring (bicyclic) bond motifs is 6. The van der Waals surface area contributed by atoms with Crippen LogP contribution in [0.25, 0.3) is 11.0 Å². The molecule has 4 aliphatic carbocycles. The minimum Gasteiger partial charge on any atom is -0.387 e. The Kier molecular flexibility index (Phi) is 6.45. The molecule has 0 bridgehead atoms. The fourth-order valence-corrected chi connectivity index (χ4v) is 10.3. The summed E-state index contributed by atoms with van der Waals surface area (Å²) in [5, 5.41) is 20.1. The highest BCUT2D eigenvalue weighted by Crippen LogP contribution is 2.64. The Bertz CT molecular complexity index is 1060. The molecule has 2 aromatic heterocycles. The molecule has 0 radical (unpaired) electrons. The summed E-state index contributed by atoms with van der Waals surface area (Å²) >= 11 is 2.70. The van der Waals surface area contributed by atoms with Gasteiger partial charge in [0.15, 0.2) is 5.78 Å². The van der Waals surface area contributed by atoms with E-state index in [9.17, 15) is 9.90 Å². The molecule has 7 nitrogen and oxygen atoms in total. The van der Waals surface area contributed by atoms with Crippen molar-refractivity contribution in [3.63, 3.8) is 0 Å². The Labute approximate surface area is 220 Å². The zero-order valence-electron chi connectivity index (χ0n) is 20.6. The van der Waals surface area contributed by atoms with Gasteiger partial charge in [0.05, 0.1) is 18.4 Å². The maximum absolute atomic E-state index is 13.5. The van der Waals surface area contributed by atoms with Crippen LogP contribution < -0.4 is 0 Å². The largest absolute Gasteiger partial charge is 0.387 e. The van der Waals surface area contributed by atoms with E-state index in [0.29, 0.717) is 30.8 Å². The van der Waals surface area contributed by atoms with Crippen molar-refractivity contribution < 1.29 is 14.6 Å². The number of rotatable bonds is 6. The van der Waals surface area contributed by atoms with Crippen molar-refractivity contribution in [1.29, 1.82) is 0 Å². The summed E-state index contributed by atoms with van der Waals surface area (Å²) in [7, 11) is 0. The van der Waals surface area contributed by atoms with E-state index >= 15 is 0 Å². The van der Waals surface area contributed by atoms with Crippen LogP contribution in [0.3, 0.4) is 0 Å². The molecule has 4 fully saturated rings. The maximum atomic E-state index is 13.5. The molecular weight excluding hydrogens is 555 g/mol. The van der Waals surface area contributed by atoms with E-state index in [4.69, 9.17) is 4.74 Å². The van der Waals surface area contributed by atoms with E-state index in [1.165, 1.54) is 25.7 Å². The standard InChI is InChI=1S/C27H37IN4O3/c1-2-35-16-26(34)10-7-18-17(13-26)3-4-20-19(18)8-11-27(28)21(20)5-6-22(27)25(33)15-32-30-23-9-12-29-14-24(23)31-32/h9,12,14,17-22,34H,2-8,10-11,13,15-16H2,1H3/t17-,18-,19+,20+,21-,22+,26+,27+/m0/s1. The highest BCUT2D eigenvalue weighted by atomic mass is 127. The van der Waals surface area contributed by atoms with Crippen LogP contribution in [-0.2, 0) is 16.1 Å². The van der Waals surface area contributed by atoms with Crippen LogP contribution in [0, 0.1) is 35.5 Å². The van der Waals surface area contributed by atoms with Gasteiger partial charge in [0.25, 0.3) is 0 Å². The summed E-state index contributed by atoms with van der Waals surface area (Å²) in [4.78, 5) is 19.2. The number of ether oxygens (including phenoxy) is 1. The number of halogens is 1. The number of carbonyl (C=O) groups excluding carboxylic acids is 1. The number of hydrogen-bond acceptors (Lipinski definition) is 6. The van der Waals surface area contributed by atoms with Gasteiger partial charge in [-0.05, 0) is 100 Å². The summed E-state index contributed by atoms with van der Waals surface area (Å²) in [6, 6.07) is 1.84. The van der Waals surface area contributed by atoms with Gasteiger partial charge in [-0.15, -0.1) is 0 Å². The Morgan fingerprint density at radius 1 is 1.11 bits per heavy atom. The van der Waals surface area contributed by atoms with Crippen molar-refractivity contribution in [2.45, 2.75) is 80.3 Å². The van der Waals surface area contributed by atoms with Gasteiger partial charge in [0.2, 0.25) is 0 Å². The lowest BCUT2D eigenvalue weighted by atomic mass is 9.52. The first-order valence-corrected chi connectivity index (χ1v) is 14.6. The summed E-state index contributed by atoms with van der Waals surface area (Å²) < 4.78 is 5.70. The van der Waals surface area contributed by atoms with Crippen LogP contribution in [0.5, 0.6) is 0 Å². The van der Waals surface area contributed by atoms with Crippen molar-refractivity contribution >= 4 is 39.4 Å². The molecule has 2 aromatic rings. The fourth-order valence-electron chi connectivity index (χ4n) is 8.54. The van der Waals surface area contributed by atoms with Gasteiger partial charge in [-0.25, -0.2) is 0 Å². The van der Waals surface area contributed by atoms with Crippen molar-refractivity contribution in [3.05, 3.63) is 18.5 Å². The van der Waals surface area contributed by atoms with Gasteiger partial charge >= 0.3 is 0 Å². The summed E-state index contributed by atoms with van der Waals surface area (Å²) in [6.45, 7) is 3.42. The van der Waals surface area contributed by atoms with Gasteiger partial charge in [-0.1, -0.05) is 22.6 Å². The van der Waals surface area contributed by atoms with Crippen molar-refractivity contribution in [2.24, 2.45) is 35.5 Å².